The second kappa shape index (κ2) is 10.2. The van der Waals surface area contributed by atoms with Crippen molar-refractivity contribution in [3.8, 4) is 0 Å². The van der Waals surface area contributed by atoms with Crippen molar-refractivity contribution in [2.24, 2.45) is 5.92 Å². The second-order valence-electron chi connectivity index (χ2n) is 7.27. The Morgan fingerprint density at radius 1 is 1.36 bits per heavy atom. The van der Waals surface area contributed by atoms with Crippen molar-refractivity contribution in [3.63, 3.8) is 0 Å². The quantitative estimate of drug-likeness (QED) is 0.542. The maximum atomic E-state index is 12.6. The van der Waals surface area contributed by atoms with Crippen LogP contribution in [-0.2, 0) is 25.5 Å². The van der Waals surface area contributed by atoms with E-state index in [-0.39, 0.29) is 11.8 Å². The highest BCUT2D eigenvalue weighted by molar-refractivity contribution is 5.89. The number of fused-ring (bicyclic) bond motifs is 1. The summed E-state index contributed by atoms with van der Waals surface area (Å²) >= 11 is 0. The standard InChI is InChI=1S/C21H29N3O4/c1-15(25)24-20(11-17-12-23-19-6-3-2-5-18(17)19)21(26)22-8-4-9-27-13-16-7-10-28-14-16/h2-3,5-6,12,16,20,23H,4,7-11,13-14H2,1H3,(H,22,26)(H,24,25). The number of nitrogens with one attached hydrogen (secondary N) is 3. The van der Waals surface area contributed by atoms with Gasteiger partial charge in [-0.2, -0.15) is 0 Å². The smallest absolute Gasteiger partial charge is 0.242 e. The molecule has 152 valence electrons. The number of benzene rings is 1. The molecular formula is C21H29N3O4. The number of carbonyl (C=O) groups is 2. The van der Waals surface area contributed by atoms with Gasteiger partial charge >= 0.3 is 0 Å². The molecule has 1 fully saturated rings. The molecule has 3 N–H and O–H groups in total. The number of aromatic amines is 1. The van der Waals surface area contributed by atoms with E-state index in [2.05, 4.69) is 15.6 Å². The van der Waals surface area contributed by atoms with Crippen molar-refractivity contribution in [1.29, 1.82) is 0 Å². The molecule has 28 heavy (non-hydrogen) atoms. The first-order valence-electron chi connectivity index (χ1n) is 9.89. The lowest BCUT2D eigenvalue weighted by Gasteiger charge is -2.17. The van der Waals surface area contributed by atoms with Crippen LogP contribution in [0.3, 0.4) is 0 Å². The Kier molecular flexibility index (Phi) is 7.45. The fraction of sp³-hybridized carbons (Fsp3) is 0.524. The van der Waals surface area contributed by atoms with Gasteiger partial charge in [-0.05, 0) is 24.5 Å². The molecular weight excluding hydrogens is 358 g/mol. The lowest BCUT2D eigenvalue weighted by atomic mass is 10.0. The summed E-state index contributed by atoms with van der Waals surface area (Å²) < 4.78 is 11.0. The number of hydrogen-bond acceptors (Lipinski definition) is 4. The van der Waals surface area contributed by atoms with Gasteiger partial charge in [-0.3, -0.25) is 9.59 Å². The van der Waals surface area contributed by atoms with Gasteiger partial charge in [0.1, 0.15) is 6.04 Å². The van der Waals surface area contributed by atoms with Crippen LogP contribution in [0.25, 0.3) is 10.9 Å². The summed E-state index contributed by atoms with van der Waals surface area (Å²) in [6.45, 7) is 4.86. The largest absolute Gasteiger partial charge is 0.381 e. The van der Waals surface area contributed by atoms with E-state index in [1.54, 1.807) is 0 Å². The third-order valence-electron chi connectivity index (χ3n) is 4.94. The molecule has 2 atom stereocenters. The number of H-pyrrole nitrogens is 1. The Labute approximate surface area is 165 Å². The molecule has 1 saturated heterocycles. The van der Waals surface area contributed by atoms with Gasteiger partial charge in [-0.1, -0.05) is 18.2 Å². The Morgan fingerprint density at radius 3 is 3.00 bits per heavy atom. The summed E-state index contributed by atoms with van der Waals surface area (Å²) in [5.74, 6) is 0.0988. The van der Waals surface area contributed by atoms with Crippen LogP contribution in [-0.4, -0.2) is 55.8 Å². The molecule has 2 amide bonds. The van der Waals surface area contributed by atoms with Crippen LogP contribution in [0, 0.1) is 5.92 Å². The number of aromatic nitrogens is 1. The molecule has 0 bridgehead atoms. The number of hydrogen-bond donors (Lipinski definition) is 3. The van der Waals surface area contributed by atoms with E-state index < -0.39 is 6.04 Å². The molecule has 1 aromatic heterocycles. The van der Waals surface area contributed by atoms with E-state index in [4.69, 9.17) is 9.47 Å². The lowest BCUT2D eigenvalue weighted by Crippen LogP contribution is -2.47. The van der Waals surface area contributed by atoms with Crippen LogP contribution in [0.2, 0.25) is 0 Å². The third-order valence-corrected chi connectivity index (χ3v) is 4.94. The molecule has 2 aromatic rings. The number of rotatable bonds is 10. The molecule has 0 aliphatic carbocycles. The van der Waals surface area contributed by atoms with Crippen molar-refractivity contribution in [1.82, 2.24) is 15.6 Å². The Balaban J connectivity index is 1.45. The monoisotopic (exact) mass is 387 g/mol. The zero-order valence-corrected chi connectivity index (χ0v) is 16.3. The van der Waals surface area contributed by atoms with Crippen LogP contribution in [0.15, 0.2) is 30.5 Å². The Hall–Kier alpha value is -2.38. The lowest BCUT2D eigenvalue weighted by molar-refractivity contribution is -0.128. The van der Waals surface area contributed by atoms with Gasteiger partial charge in [-0.25, -0.2) is 0 Å². The summed E-state index contributed by atoms with van der Waals surface area (Å²) in [5.41, 5.74) is 2.02. The minimum Gasteiger partial charge on any atom is -0.381 e. The fourth-order valence-corrected chi connectivity index (χ4v) is 3.45. The summed E-state index contributed by atoms with van der Waals surface area (Å²) in [4.78, 5) is 27.4. The van der Waals surface area contributed by atoms with E-state index in [0.717, 1.165) is 42.5 Å². The molecule has 1 aliphatic rings. The second-order valence-corrected chi connectivity index (χ2v) is 7.27. The zero-order chi connectivity index (χ0) is 19.8. The van der Waals surface area contributed by atoms with Crippen molar-refractivity contribution in [3.05, 3.63) is 36.0 Å². The van der Waals surface area contributed by atoms with Gasteiger partial charge in [-0.15, -0.1) is 0 Å². The maximum Gasteiger partial charge on any atom is 0.242 e. The summed E-state index contributed by atoms with van der Waals surface area (Å²) in [6.07, 6.45) is 4.13. The van der Waals surface area contributed by atoms with Crippen molar-refractivity contribution in [2.75, 3.05) is 33.0 Å². The van der Waals surface area contributed by atoms with Gasteiger partial charge in [0.2, 0.25) is 11.8 Å². The average Bonchev–Trinajstić information content (AvgIpc) is 3.34. The molecule has 1 aromatic carbocycles. The average molecular weight is 387 g/mol. The number of para-hydroxylation sites is 1. The summed E-state index contributed by atoms with van der Waals surface area (Å²) in [6, 6.07) is 7.32. The predicted molar refractivity (Wildman–Crippen MR) is 107 cm³/mol. The minimum absolute atomic E-state index is 0.176. The first kappa shape index (κ1) is 20.4. The molecule has 0 radical (unpaired) electrons. The van der Waals surface area contributed by atoms with E-state index in [1.165, 1.54) is 6.92 Å². The first-order valence-corrected chi connectivity index (χ1v) is 9.89. The predicted octanol–water partition coefficient (Wildman–Crippen LogP) is 1.77. The molecule has 7 heteroatoms. The van der Waals surface area contributed by atoms with Crippen LogP contribution in [0.4, 0.5) is 0 Å². The number of ether oxygens (including phenoxy) is 2. The van der Waals surface area contributed by atoms with E-state index in [0.29, 0.717) is 32.1 Å². The Morgan fingerprint density at radius 2 is 2.21 bits per heavy atom. The summed E-state index contributed by atoms with van der Waals surface area (Å²) in [7, 11) is 0. The van der Waals surface area contributed by atoms with Gasteiger partial charge < -0.3 is 25.1 Å². The zero-order valence-electron chi connectivity index (χ0n) is 16.3. The number of amides is 2. The number of carbonyl (C=O) groups excluding carboxylic acids is 2. The van der Waals surface area contributed by atoms with E-state index in [1.807, 2.05) is 30.5 Å². The highest BCUT2D eigenvalue weighted by atomic mass is 16.5. The highest BCUT2D eigenvalue weighted by Gasteiger charge is 2.21. The molecule has 0 saturated carbocycles. The Bertz CT molecular complexity index is 783. The van der Waals surface area contributed by atoms with E-state index in [9.17, 15) is 9.59 Å². The molecule has 7 nitrogen and oxygen atoms in total. The fourth-order valence-electron chi connectivity index (χ4n) is 3.45. The maximum absolute atomic E-state index is 12.6. The van der Waals surface area contributed by atoms with Gasteiger partial charge in [0.15, 0.2) is 0 Å². The summed E-state index contributed by atoms with van der Waals surface area (Å²) in [5, 5.41) is 6.74. The highest BCUT2D eigenvalue weighted by Crippen LogP contribution is 2.19. The van der Waals surface area contributed by atoms with Gasteiger partial charge in [0, 0.05) is 56.1 Å². The topological polar surface area (TPSA) is 92.5 Å². The van der Waals surface area contributed by atoms with Crippen molar-refractivity contribution < 1.29 is 19.1 Å². The van der Waals surface area contributed by atoms with Crippen LogP contribution < -0.4 is 10.6 Å². The van der Waals surface area contributed by atoms with Crippen LogP contribution in [0.5, 0.6) is 0 Å². The molecule has 0 spiro atoms. The van der Waals surface area contributed by atoms with E-state index >= 15 is 0 Å². The minimum atomic E-state index is -0.603. The van der Waals surface area contributed by atoms with Crippen molar-refractivity contribution >= 4 is 22.7 Å². The van der Waals surface area contributed by atoms with Crippen LogP contribution >= 0.6 is 0 Å². The van der Waals surface area contributed by atoms with Crippen molar-refractivity contribution in [2.45, 2.75) is 32.2 Å². The molecule has 2 heterocycles. The third kappa shape index (κ3) is 5.81. The van der Waals surface area contributed by atoms with Gasteiger partial charge in [0.25, 0.3) is 0 Å². The molecule has 3 rings (SSSR count). The normalized spacial score (nSPS) is 17.5. The molecule has 1 aliphatic heterocycles. The first-order chi connectivity index (χ1) is 13.6. The SMILES string of the molecule is CC(=O)NC(Cc1c[nH]c2ccccc12)C(=O)NCCCOCC1CCOC1. The van der Waals surface area contributed by atoms with Crippen LogP contribution in [0.1, 0.15) is 25.3 Å². The molecule has 2 unspecified atom stereocenters. The van der Waals surface area contributed by atoms with Gasteiger partial charge in [0.05, 0.1) is 13.2 Å².